The molecule has 1 N–H and O–H groups in total. The third kappa shape index (κ3) is 3.72. The van der Waals surface area contributed by atoms with Gasteiger partial charge in [0.25, 0.3) is 0 Å². The van der Waals surface area contributed by atoms with Crippen LogP contribution in [0.4, 0.5) is 5.69 Å². The van der Waals surface area contributed by atoms with Gasteiger partial charge in [0.15, 0.2) is 0 Å². The number of ether oxygens (including phenoxy) is 1. The Kier molecular flexibility index (Phi) is 4.56. The molecule has 0 aromatic heterocycles. The number of benzene rings is 2. The molecule has 20 heavy (non-hydrogen) atoms. The van der Waals surface area contributed by atoms with Crippen molar-refractivity contribution in [1.29, 1.82) is 0 Å². The van der Waals surface area contributed by atoms with E-state index in [0.717, 1.165) is 22.6 Å². The summed E-state index contributed by atoms with van der Waals surface area (Å²) in [4.78, 5) is 11.8. The second-order valence-corrected chi connectivity index (χ2v) is 4.41. The number of carbonyl (C=O) groups is 1. The fourth-order valence-corrected chi connectivity index (χ4v) is 1.80. The molecule has 2 aromatic carbocycles. The summed E-state index contributed by atoms with van der Waals surface area (Å²) in [5, 5.41) is 2.80. The molecule has 0 fully saturated rings. The molecule has 0 aliphatic heterocycles. The van der Waals surface area contributed by atoms with Gasteiger partial charge in [0.2, 0.25) is 5.91 Å². The normalized spacial score (nSPS) is 10.5. The molecule has 1 amide bonds. The van der Waals surface area contributed by atoms with Crippen molar-refractivity contribution in [3.8, 4) is 5.75 Å². The van der Waals surface area contributed by atoms with Crippen LogP contribution in [0.3, 0.4) is 0 Å². The number of anilines is 1. The molecule has 0 heterocycles. The van der Waals surface area contributed by atoms with Crippen molar-refractivity contribution in [2.75, 3.05) is 12.4 Å². The number of aryl methyl sites for hydroxylation is 1. The Labute approximate surface area is 118 Å². The number of methoxy groups -OCH3 is 1. The Morgan fingerprint density at radius 2 is 1.80 bits per heavy atom. The van der Waals surface area contributed by atoms with E-state index in [1.54, 1.807) is 31.4 Å². The van der Waals surface area contributed by atoms with E-state index in [-0.39, 0.29) is 5.91 Å². The molecule has 3 nitrogen and oxygen atoms in total. The van der Waals surface area contributed by atoms with E-state index in [4.69, 9.17) is 4.74 Å². The first-order valence-corrected chi connectivity index (χ1v) is 6.38. The van der Waals surface area contributed by atoms with E-state index < -0.39 is 0 Å². The molecule has 0 aliphatic carbocycles. The van der Waals surface area contributed by atoms with Crippen molar-refractivity contribution >= 4 is 17.7 Å². The van der Waals surface area contributed by atoms with Crippen LogP contribution in [-0.4, -0.2) is 13.0 Å². The molecular weight excluding hydrogens is 250 g/mol. The fourth-order valence-electron chi connectivity index (χ4n) is 1.80. The predicted molar refractivity (Wildman–Crippen MR) is 81.8 cm³/mol. The number of rotatable bonds is 4. The van der Waals surface area contributed by atoms with E-state index in [9.17, 15) is 4.79 Å². The maximum Gasteiger partial charge on any atom is 0.248 e. The molecule has 0 radical (unpaired) electrons. The SMILES string of the molecule is COc1ccc(NC(=O)/C=C/c2ccccc2C)cc1. The monoisotopic (exact) mass is 267 g/mol. The highest BCUT2D eigenvalue weighted by Crippen LogP contribution is 2.15. The first-order valence-electron chi connectivity index (χ1n) is 6.38. The second kappa shape index (κ2) is 6.57. The number of hydrogen-bond donors (Lipinski definition) is 1. The zero-order valence-corrected chi connectivity index (χ0v) is 11.6. The highest BCUT2D eigenvalue weighted by molar-refractivity contribution is 6.02. The molecule has 0 unspecified atom stereocenters. The van der Waals surface area contributed by atoms with Crippen LogP contribution in [-0.2, 0) is 4.79 Å². The summed E-state index contributed by atoms with van der Waals surface area (Å²) in [7, 11) is 1.61. The summed E-state index contributed by atoms with van der Waals surface area (Å²) in [5.74, 6) is 0.608. The quantitative estimate of drug-likeness (QED) is 0.859. The van der Waals surface area contributed by atoms with Crippen molar-refractivity contribution in [2.45, 2.75) is 6.92 Å². The summed E-state index contributed by atoms with van der Waals surface area (Å²) in [6, 6.07) is 15.1. The molecule has 0 bridgehead atoms. The van der Waals surface area contributed by atoms with Crippen LogP contribution in [0.1, 0.15) is 11.1 Å². The van der Waals surface area contributed by atoms with Crippen LogP contribution in [0.5, 0.6) is 5.75 Å². The average Bonchev–Trinajstić information content (AvgIpc) is 2.47. The van der Waals surface area contributed by atoms with Crippen LogP contribution in [0, 0.1) is 6.92 Å². The highest BCUT2D eigenvalue weighted by Gasteiger charge is 1.99. The highest BCUT2D eigenvalue weighted by atomic mass is 16.5. The maximum absolute atomic E-state index is 11.8. The van der Waals surface area contributed by atoms with Crippen molar-refractivity contribution in [2.24, 2.45) is 0 Å². The van der Waals surface area contributed by atoms with E-state index in [1.165, 1.54) is 6.08 Å². The van der Waals surface area contributed by atoms with E-state index in [2.05, 4.69) is 5.32 Å². The van der Waals surface area contributed by atoms with Crippen LogP contribution in [0.25, 0.3) is 6.08 Å². The Bertz CT molecular complexity index is 615. The maximum atomic E-state index is 11.8. The van der Waals surface area contributed by atoms with Crippen LogP contribution in [0.2, 0.25) is 0 Å². The Morgan fingerprint density at radius 1 is 1.10 bits per heavy atom. The van der Waals surface area contributed by atoms with Gasteiger partial charge in [0.1, 0.15) is 5.75 Å². The Morgan fingerprint density at radius 3 is 2.45 bits per heavy atom. The third-order valence-corrected chi connectivity index (χ3v) is 2.96. The average molecular weight is 267 g/mol. The summed E-state index contributed by atoms with van der Waals surface area (Å²) in [6.45, 7) is 2.01. The summed E-state index contributed by atoms with van der Waals surface area (Å²) in [6.07, 6.45) is 3.35. The van der Waals surface area contributed by atoms with Crippen LogP contribution >= 0.6 is 0 Å². The predicted octanol–water partition coefficient (Wildman–Crippen LogP) is 3.66. The first kappa shape index (κ1) is 13.9. The molecular formula is C17H17NO2. The lowest BCUT2D eigenvalue weighted by Crippen LogP contribution is -2.07. The van der Waals surface area contributed by atoms with Crippen molar-refractivity contribution in [3.63, 3.8) is 0 Å². The van der Waals surface area contributed by atoms with Crippen molar-refractivity contribution in [1.82, 2.24) is 0 Å². The number of carbonyl (C=O) groups excluding carboxylic acids is 1. The van der Waals surface area contributed by atoms with E-state index in [1.807, 2.05) is 37.3 Å². The lowest BCUT2D eigenvalue weighted by Gasteiger charge is -2.04. The molecule has 2 aromatic rings. The molecule has 0 saturated heterocycles. The minimum atomic E-state index is -0.154. The van der Waals surface area contributed by atoms with Gasteiger partial charge in [-0.25, -0.2) is 0 Å². The van der Waals surface area contributed by atoms with Gasteiger partial charge in [-0.05, 0) is 48.4 Å². The van der Waals surface area contributed by atoms with Gasteiger partial charge in [0.05, 0.1) is 7.11 Å². The lowest BCUT2D eigenvalue weighted by molar-refractivity contribution is -0.111. The van der Waals surface area contributed by atoms with Gasteiger partial charge in [0, 0.05) is 11.8 Å². The molecule has 0 saturated carbocycles. The van der Waals surface area contributed by atoms with Gasteiger partial charge < -0.3 is 10.1 Å². The smallest absolute Gasteiger partial charge is 0.248 e. The number of hydrogen-bond acceptors (Lipinski definition) is 2. The first-order chi connectivity index (χ1) is 9.69. The van der Waals surface area contributed by atoms with Gasteiger partial charge in [-0.1, -0.05) is 24.3 Å². The fraction of sp³-hybridized carbons (Fsp3) is 0.118. The third-order valence-electron chi connectivity index (χ3n) is 2.96. The van der Waals surface area contributed by atoms with E-state index in [0.29, 0.717) is 0 Å². The minimum absolute atomic E-state index is 0.154. The summed E-state index contributed by atoms with van der Waals surface area (Å²) in [5.41, 5.74) is 2.92. The molecule has 2 rings (SSSR count). The molecule has 0 spiro atoms. The molecule has 0 aliphatic rings. The lowest BCUT2D eigenvalue weighted by atomic mass is 10.1. The Balaban J connectivity index is 2.00. The number of nitrogens with one attached hydrogen (secondary N) is 1. The summed E-state index contributed by atoms with van der Waals surface area (Å²) >= 11 is 0. The van der Waals surface area contributed by atoms with Crippen LogP contribution in [0.15, 0.2) is 54.6 Å². The van der Waals surface area contributed by atoms with Crippen molar-refractivity contribution < 1.29 is 9.53 Å². The zero-order chi connectivity index (χ0) is 14.4. The van der Waals surface area contributed by atoms with Gasteiger partial charge >= 0.3 is 0 Å². The van der Waals surface area contributed by atoms with Crippen molar-refractivity contribution in [3.05, 3.63) is 65.7 Å². The molecule has 0 atom stereocenters. The summed E-state index contributed by atoms with van der Waals surface area (Å²) < 4.78 is 5.07. The number of amides is 1. The molecule has 102 valence electrons. The van der Waals surface area contributed by atoms with Gasteiger partial charge in [-0.3, -0.25) is 4.79 Å². The van der Waals surface area contributed by atoms with Crippen LogP contribution < -0.4 is 10.1 Å². The topological polar surface area (TPSA) is 38.3 Å². The Hall–Kier alpha value is -2.55. The van der Waals surface area contributed by atoms with Gasteiger partial charge in [-0.15, -0.1) is 0 Å². The zero-order valence-electron chi connectivity index (χ0n) is 11.6. The van der Waals surface area contributed by atoms with Gasteiger partial charge in [-0.2, -0.15) is 0 Å². The molecule has 3 heteroatoms. The standard InChI is InChI=1S/C17H17NO2/c1-13-5-3-4-6-14(13)7-12-17(19)18-15-8-10-16(20-2)11-9-15/h3-12H,1-2H3,(H,18,19)/b12-7+. The minimum Gasteiger partial charge on any atom is -0.497 e. The van der Waals surface area contributed by atoms with E-state index >= 15 is 0 Å². The second-order valence-electron chi connectivity index (χ2n) is 4.41. The largest absolute Gasteiger partial charge is 0.497 e.